The third kappa shape index (κ3) is 2.75. The molecule has 1 fully saturated rings. The maximum absolute atomic E-state index is 12.6. The number of hydrogen-bond acceptors (Lipinski definition) is 2. The average molecular weight is 294 g/mol. The molecule has 0 radical (unpaired) electrons. The molecule has 0 atom stereocenters. The fourth-order valence-electron chi connectivity index (χ4n) is 3.16. The summed E-state index contributed by atoms with van der Waals surface area (Å²) >= 11 is 0. The third-order valence-corrected chi connectivity index (χ3v) is 6.36. The van der Waals surface area contributed by atoms with Crippen LogP contribution in [0.2, 0.25) is 0 Å². The fourth-order valence-corrected chi connectivity index (χ4v) is 4.89. The van der Waals surface area contributed by atoms with E-state index in [1.807, 2.05) is 6.07 Å². The summed E-state index contributed by atoms with van der Waals surface area (Å²) in [5, 5.41) is 0. The van der Waals surface area contributed by atoms with Crippen molar-refractivity contribution in [3.8, 4) is 0 Å². The van der Waals surface area contributed by atoms with Crippen molar-refractivity contribution in [2.24, 2.45) is 0 Å². The van der Waals surface area contributed by atoms with Gasteiger partial charge in [0, 0.05) is 26.2 Å². The lowest BCUT2D eigenvalue weighted by Gasteiger charge is -2.29. The van der Waals surface area contributed by atoms with E-state index in [4.69, 9.17) is 0 Å². The van der Waals surface area contributed by atoms with Crippen molar-refractivity contribution in [1.82, 2.24) is 8.61 Å². The maximum Gasteiger partial charge on any atom is 0.281 e. The van der Waals surface area contributed by atoms with Crippen LogP contribution in [0, 0.1) is 0 Å². The second-order valence-electron chi connectivity index (χ2n) is 5.64. The van der Waals surface area contributed by atoms with Gasteiger partial charge in [-0.15, -0.1) is 0 Å². The van der Waals surface area contributed by atoms with E-state index in [0.717, 1.165) is 32.1 Å². The summed E-state index contributed by atoms with van der Waals surface area (Å²) in [6, 6.07) is 8.40. The Morgan fingerprint density at radius 2 is 1.30 bits per heavy atom. The van der Waals surface area contributed by atoms with Gasteiger partial charge >= 0.3 is 0 Å². The molecule has 0 spiro atoms. The maximum atomic E-state index is 12.6. The monoisotopic (exact) mass is 294 g/mol. The summed E-state index contributed by atoms with van der Waals surface area (Å²) in [6.45, 7) is 2.63. The van der Waals surface area contributed by atoms with Crippen LogP contribution >= 0.6 is 0 Å². The lowest BCUT2D eigenvalue weighted by atomic mass is 9.99. The fraction of sp³-hybridized carbons (Fsp3) is 0.600. The number of rotatable bonds is 2. The summed E-state index contributed by atoms with van der Waals surface area (Å²) in [5.41, 5.74) is 2.68. The number of hydrogen-bond donors (Lipinski definition) is 0. The minimum atomic E-state index is -3.24. The van der Waals surface area contributed by atoms with E-state index in [1.165, 1.54) is 11.1 Å². The highest BCUT2D eigenvalue weighted by Crippen LogP contribution is 2.21. The second kappa shape index (κ2) is 5.84. The van der Waals surface area contributed by atoms with Crippen molar-refractivity contribution in [3.05, 3.63) is 35.4 Å². The first-order valence-electron chi connectivity index (χ1n) is 7.50. The van der Waals surface area contributed by atoms with Gasteiger partial charge < -0.3 is 0 Å². The van der Waals surface area contributed by atoms with Crippen molar-refractivity contribution >= 4 is 10.2 Å². The minimum Gasteiger partial charge on any atom is -0.195 e. The summed E-state index contributed by atoms with van der Waals surface area (Å²) < 4.78 is 28.6. The molecule has 0 N–H and O–H groups in total. The van der Waals surface area contributed by atoms with E-state index in [9.17, 15) is 8.42 Å². The summed E-state index contributed by atoms with van der Waals surface area (Å²) in [5.74, 6) is 0. The summed E-state index contributed by atoms with van der Waals surface area (Å²) in [6.07, 6.45) is 4.70. The number of benzene rings is 1. The van der Waals surface area contributed by atoms with E-state index >= 15 is 0 Å². The van der Waals surface area contributed by atoms with E-state index < -0.39 is 10.2 Å². The molecule has 20 heavy (non-hydrogen) atoms. The van der Waals surface area contributed by atoms with E-state index in [2.05, 4.69) is 18.2 Å². The minimum absolute atomic E-state index is 0.607. The zero-order valence-electron chi connectivity index (χ0n) is 11.8. The lowest BCUT2D eigenvalue weighted by Crippen LogP contribution is -2.44. The smallest absolute Gasteiger partial charge is 0.195 e. The van der Waals surface area contributed by atoms with Gasteiger partial charge in [-0.25, -0.2) is 0 Å². The van der Waals surface area contributed by atoms with Gasteiger partial charge in [-0.3, -0.25) is 0 Å². The number of nitrogens with zero attached hydrogens (tertiary/aromatic N) is 2. The van der Waals surface area contributed by atoms with Gasteiger partial charge in [-0.1, -0.05) is 24.3 Å². The normalized spacial score (nSPS) is 22.2. The van der Waals surface area contributed by atoms with Crippen LogP contribution in [0.4, 0.5) is 0 Å². The molecule has 1 saturated heterocycles. The summed E-state index contributed by atoms with van der Waals surface area (Å²) in [7, 11) is -3.24. The molecule has 0 bridgehead atoms. The van der Waals surface area contributed by atoms with E-state index in [1.54, 1.807) is 8.61 Å². The third-order valence-electron chi connectivity index (χ3n) is 4.32. The Bertz CT molecular complexity index is 565. The van der Waals surface area contributed by atoms with Crippen LogP contribution in [-0.4, -0.2) is 43.2 Å². The Balaban J connectivity index is 1.77. The molecule has 0 aromatic heterocycles. The van der Waals surface area contributed by atoms with Gasteiger partial charge in [0.1, 0.15) is 0 Å². The Hall–Kier alpha value is -0.910. The highest BCUT2D eigenvalue weighted by molar-refractivity contribution is 7.86. The SMILES string of the molecule is O=S(=O)(N1CCCC1)N1CCCc2ccccc2CC1. The molecule has 4 nitrogen and oxygen atoms in total. The summed E-state index contributed by atoms with van der Waals surface area (Å²) in [4.78, 5) is 0. The van der Waals surface area contributed by atoms with Gasteiger partial charge in [-0.2, -0.15) is 17.0 Å². The zero-order chi connectivity index (χ0) is 14.0. The molecule has 2 aliphatic heterocycles. The Kier molecular flexibility index (Phi) is 4.10. The number of aryl methyl sites for hydroxylation is 1. The van der Waals surface area contributed by atoms with Crippen molar-refractivity contribution < 1.29 is 8.42 Å². The topological polar surface area (TPSA) is 40.6 Å². The van der Waals surface area contributed by atoms with Crippen LogP contribution in [-0.2, 0) is 23.1 Å². The molecular formula is C15H22N2O2S. The number of fused-ring (bicyclic) bond motifs is 1. The van der Waals surface area contributed by atoms with Crippen LogP contribution in [0.15, 0.2) is 24.3 Å². The molecule has 5 heteroatoms. The molecule has 0 aliphatic carbocycles. The van der Waals surface area contributed by atoms with Crippen LogP contribution in [0.3, 0.4) is 0 Å². The first-order valence-corrected chi connectivity index (χ1v) is 8.89. The largest absolute Gasteiger partial charge is 0.281 e. The first kappa shape index (κ1) is 14.0. The molecule has 0 amide bonds. The second-order valence-corrected chi connectivity index (χ2v) is 7.56. The molecule has 1 aromatic carbocycles. The van der Waals surface area contributed by atoms with Crippen LogP contribution in [0.1, 0.15) is 30.4 Å². The van der Waals surface area contributed by atoms with E-state index in [-0.39, 0.29) is 0 Å². The van der Waals surface area contributed by atoms with Gasteiger partial charge in [0.25, 0.3) is 10.2 Å². The van der Waals surface area contributed by atoms with Crippen LogP contribution in [0.5, 0.6) is 0 Å². The van der Waals surface area contributed by atoms with E-state index in [0.29, 0.717) is 26.2 Å². The molecule has 1 aromatic rings. The molecule has 3 rings (SSSR count). The van der Waals surface area contributed by atoms with Crippen molar-refractivity contribution in [2.75, 3.05) is 26.2 Å². The molecule has 2 heterocycles. The molecular weight excluding hydrogens is 272 g/mol. The predicted octanol–water partition coefficient (Wildman–Crippen LogP) is 1.82. The zero-order valence-corrected chi connectivity index (χ0v) is 12.6. The Morgan fingerprint density at radius 3 is 2.00 bits per heavy atom. The Morgan fingerprint density at radius 1 is 0.750 bits per heavy atom. The average Bonchev–Trinajstić information content (AvgIpc) is 2.94. The highest BCUT2D eigenvalue weighted by atomic mass is 32.2. The molecule has 0 saturated carbocycles. The van der Waals surface area contributed by atoms with Gasteiger partial charge in [0.05, 0.1) is 0 Å². The molecule has 2 aliphatic rings. The van der Waals surface area contributed by atoms with Crippen LogP contribution < -0.4 is 0 Å². The van der Waals surface area contributed by atoms with Crippen molar-refractivity contribution in [1.29, 1.82) is 0 Å². The Labute approximate surface area is 121 Å². The van der Waals surface area contributed by atoms with Gasteiger partial charge in [0.2, 0.25) is 0 Å². The lowest BCUT2D eigenvalue weighted by molar-refractivity contribution is 0.354. The van der Waals surface area contributed by atoms with Gasteiger partial charge in [0.15, 0.2) is 0 Å². The quantitative estimate of drug-likeness (QED) is 0.835. The van der Waals surface area contributed by atoms with Crippen molar-refractivity contribution in [2.45, 2.75) is 32.1 Å². The van der Waals surface area contributed by atoms with Crippen molar-refractivity contribution in [3.63, 3.8) is 0 Å². The standard InChI is InChI=1S/C15H22N2O2S/c18-20(19,16-10-3-4-11-16)17-12-5-8-14-6-1-2-7-15(14)9-13-17/h1-2,6-7H,3-5,8-13H2. The molecule has 110 valence electrons. The van der Waals surface area contributed by atoms with Crippen LogP contribution in [0.25, 0.3) is 0 Å². The first-order chi connectivity index (χ1) is 9.68. The predicted molar refractivity (Wildman–Crippen MR) is 79.8 cm³/mol. The highest BCUT2D eigenvalue weighted by Gasteiger charge is 2.31. The molecule has 0 unspecified atom stereocenters. The van der Waals surface area contributed by atoms with Gasteiger partial charge in [-0.05, 0) is 43.2 Å².